The van der Waals surface area contributed by atoms with Crippen molar-refractivity contribution in [1.29, 1.82) is 0 Å². The topological polar surface area (TPSA) is 42.3 Å². The molecule has 3 nitrogen and oxygen atoms in total. The summed E-state index contributed by atoms with van der Waals surface area (Å²) in [6.07, 6.45) is 6.96. The average Bonchev–Trinajstić information content (AvgIpc) is 3.61. The molecule has 0 amide bonds. The van der Waals surface area contributed by atoms with Gasteiger partial charge < -0.3 is 22.4 Å². The number of hydrogen-bond acceptors (Lipinski definition) is 0. The molecule has 0 unspecified atom stereocenters. The smallest absolute Gasteiger partial charge is 0.658 e. The summed E-state index contributed by atoms with van der Waals surface area (Å²) in [6, 6.07) is 28.2. The molecule has 42 heavy (non-hydrogen) atoms. The third kappa shape index (κ3) is 6.68. The standard InChI is InChI=1S/C34H46N3Si3.CH3.Zr/c1-38(2,35-31-22-19-25-13-7-10-16-28(25)31)34(39(3,4)36-32-23-20-26-14-8-11-17-29(26)32)40(5,6)37-33-24-21-27-15-9-12-18-30(27)33;;/h7-18,31-34H,19-24H2,1-6H3;1H3;/q-3;-1;+4/t31-,32-,33-;;/m1../s1. The van der Waals surface area contributed by atoms with Crippen molar-refractivity contribution in [2.75, 3.05) is 0 Å². The fourth-order valence-corrected chi connectivity index (χ4v) is 34.8. The van der Waals surface area contributed by atoms with E-state index in [2.05, 4.69) is 112 Å². The Morgan fingerprint density at radius 1 is 0.500 bits per heavy atom. The minimum Gasteiger partial charge on any atom is -0.658 e. The van der Waals surface area contributed by atoms with Gasteiger partial charge in [-0.1, -0.05) is 173 Å². The molecule has 3 aliphatic carbocycles. The Morgan fingerprint density at radius 2 is 0.762 bits per heavy atom. The number of fused-ring (bicyclic) bond motifs is 3. The summed E-state index contributed by atoms with van der Waals surface area (Å²) >= 11 is 0. The zero-order valence-corrected chi connectivity index (χ0v) is 32.3. The van der Waals surface area contributed by atoms with Crippen LogP contribution in [0.2, 0.25) is 44.1 Å². The van der Waals surface area contributed by atoms with Crippen LogP contribution in [-0.2, 0) is 45.5 Å². The summed E-state index contributed by atoms with van der Waals surface area (Å²) in [5.74, 6) is 0. The monoisotopic (exact) mass is 685 g/mol. The van der Waals surface area contributed by atoms with Crippen LogP contribution in [0.4, 0.5) is 0 Å². The maximum atomic E-state index is 5.91. The number of aryl methyl sites for hydroxylation is 3. The Labute approximate surface area is 278 Å². The summed E-state index contributed by atoms with van der Waals surface area (Å²) in [7, 11) is -6.31. The minimum absolute atomic E-state index is 0. The normalized spacial score (nSPS) is 21.4. The van der Waals surface area contributed by atoms with E-state index in [9.17, 15) is 0 Å². The van der Waals surface area contributed by atoms with Gasteiger partial charge in [-0.05, 0) is 36.0 Å². The molecule has 0 saturated heterocycles. The molecule has 3 aromatic carbocycles. The quantitative estimate of drug-likeness (QED) is 0.159. The first-order valence-electron chi connectivity index (χ1n) is 15.4. The summed E-state index contributed by atoms with van der Waals surface area (Å²) in [4.78, 5) is 18.3. The summed E-state index contributed by atoms with van der Waals surface area (Å²) in [6.45, 7) is 15.4. The van der Waals surface area contributed by atoms with Gasteiger partial charge >= 0.3 is 26.2 Å². The zero-order chi connectivity index (χ0) is 28.1. The van der Waals surface area contributed by atoms with Crippen LogP contribution in [0.3, 0.4) is 0 Å². The summed E-state index contributed by atoms with van der Waals surface area (Å²) in [5.41, 5.74) is 8.94. The van der Waals surface area contributed by atoms with Crippen LogP contribution in [0.15, 0.2) is 72.8 Å². The largest absolute Gasteiger partial charge is 4.00 e. The molecule has 0 N–H and O–H groups in total. The fourth-order valence-electron chi connectivity index (χ4n) is 9.03. The fraction of sp³-hybridized carbons (Fsp3) is 0.457. The van der Waals surface area contributed by atoms with Crippen LogP contribution in [0.25, 0.3) is 14.9 Å². The van der Waals surface area contributed by atoms with Crippen LogP contribution in [0.1, 0.15) is 70.8 Å². The second kappa shape index (κ2) is 13.2. The molecular formula is C35H49N3Si3Zr. The Morgan fingerprint density at radius 3 is 1.05 bits per heavy atom. The Bertz CT molecular complexity index is 1210. The third-order valence-corrected chi connectivity index (χ3v) is 29.8. The molecule has 7 heteroatoms. The van der Waals surface area contributed by atoms with Gasteiger partial charge in [0.15, 0.2) is 0 Å². The molecule has 0 saturated carbocycles. The van der Waals surface area contributed by atoms with Crippen molar-refractivity contribution in [3.8, 4) is 0 Å². The van der Waals surface area contributed by atoms with Crippen LogP contribution in [0.5, 0.6) is 0 Å². The van der Waals surface area contributed by atoms with Crippen molar-refractivity contribution in [3.05, 3.63) is 129 Å². The molecule has 0 aromatic heterocycles. The Kier molecular flexibility index (Phi) is 10.7. The van der Waals surface area contributed by atoms with Crippen LogP contribution in [-0.4, -0.2) is 24.7 Å². The minimum atomic E-state index is -2.10. The summed E-state index contributed by atoms with van der Waals surface area (Å²) < 4.78 is 0. The van der Waals surface area contributed by atoms with Crippen LogP contribution < -0.4 is 0 Å². The van der Waals surface area contributed by atoms with E-state index in [1.54, 1.807) is 0 Å². The van der Waals surface area contributed by atoms with Gasteiger partial charge in [0.2, 0.25) is 0 Å². The van der Waals surface area contributed by atoms with Crippen molar-refractivity contribution >= 4 is 24.7 Å². The third-order valence-electron chi connectivity index (χ3n) is 9.89. The first kappa shape index (κ1) is 34.0. The molecule has 0 fully saturated rings. The Hall–Kier alpha value is -0.926. The van der Waals surface area contributed by atoms with Crippen molar-refractivity contribution in [2.24, 2.45) is 0 Å². The van der Waals surface area contributed by atoms with Gasteiger partial charge in [-0.25, -0.2) is 0 Å². The van der Waals surface area contributed by atoms with E-state index in [1.807, 2.05) is 0 Å². The van der Waals surface area contributed by atoms with Crippen LogP contribution >= 0.6 is 0 Å². The second-order valence-corrected chi connectivity index (χ2v) is 28.2. The zero-order valence-electron chi connectivity index (χ0n) is 26.8. The first-order chi connectivity index (χ1) is 19.1. The summed E-state index contributed by atoms with van der Waals surface area (Å²) in [5, 5.41) is 0. The molecule has 0 spiro atoms. The average molecular weight is 687 g/mol. The van der Waals surface area contributed by atoms with E-state index in [0.29, 0.717) is 22.9 Å². The number of rotatable bonds is 9. The van der Waals surface area contributed by atoms with Gasteiger partial charge in [0.1, 0.15) is 0 Å². The van der Waals surface area contributed by atoms with Gasteiger partial charge in [0.25, 0.3) is 0 Å². The predicted octanol–water partition coefficient (Wildman–Crippen LogP) is 10.7. The predicted molar refractivity (Wildman–Crippen MR) is 185 cm³/mol. The Balaban J connectivity index is 0.00000202. The van der Waals surface area contributed by atoms with Crippen molar-refractivity contribution in [3.63, 3.8) is 0 Å². The molecule has 0 aliphatic heterocycles. The second-order valence-electron chi connectivity index (χ2n) is 14.0. The maximum Gasteiger partial charge on any atom is 4.00 e. The van der Waals surface area contributed by atoms with E-state index in [-0.39, 0.29) is 33.6 Å². The molecule has 6 rings (SSSR count). The van der Waals surface area contributed by atoms with Gasteiger partial charge in [0, 0.05) is 0 Å². The maximum absolute atomic E-state index is 5.91. The molecule has 220 valence electrons. The SMILES string of the molecule is C[Si](C)([N-][C@@H]1CCc2ccccc21)C([Si](C)(C)[N-][C@@H]1CCc2ccccc21)[Si](C)(C)[N-][C@@H]1CCc2ccccc21.[CH3-].[Zr+4]. The number of hydrogen-bond donors (Lipinski definition) is 0. The van der Waals surface area contributed by atoms with E-state index >= 15 is 0 Å². The molecule has 0 bridgehead atoms. The van der Waals surface area contributed by atoms with Crippen LogP contribution in [0, 0.1) is 7.43 Å². The number of nitrogens with zero attached hydrogens (tertiary/aromatic N) is 3. The van der Waals surface area contributed by atoms with Gasteiger partial charge in [-0.2, -0.15) is 0 Å². The molecular weight excluding hydrogens is 638 g/mol. The van der Waals surface area contributed by atoms with Gasteiger partial charge in [0.05, 0.1) is 0 Å². The van der Waals surface area contributed by atoms with Gasteiger partial charge in [-0.15, -0.1) is 22.9 Å². The van der Waals surface area contributed by atoms with E-state index in [0.717, 1.165) is 38.5 Å². The van der Waals surface area contributed by atoms with Crippen molar-refractivity contribution < 1.29 is 26.2 Å². The molecule has 0 radical (unpaired) electrons. The molecule has 3 aromatic rings. The van der Waals surface area contributed by atoms with E-state index in [1.165, 1.54) is 33.4 Å². The van der Waals surface area contributed by atoms with Gasteiger partial charge in [-0.3, -0.25) is 0 Å². The van der Waals surface area contributed by atoms with Crippen molar-refractivity contribution in [2.45, 2.75) is 101 Å². The first-order valence-corrected chi connectivity index (χ1v) is 24.5. The molecule has 3 atom stereocenters. The van der Waals surface area contributed by atoms with E-state index in [4.69, 9.17) is 14.9 Å². The van der Waals surface area contributed by atoms with E-state index < -0.39 is 24.7 Å². The molecule has 3 aliphatic rings. The molecule has 0 heterocycles. The van der Waals surface area contributed by atoms with Crippen molar-refractivity contribution in [1.82, 2.24) is 0 Å². The number of benzene rings is 3.